The molecule has 5 heteroatoms. The summed E-state index contributed by atoms with van der Waals surface area (Å²) in [5.41, 5.74) is 6.34. The summed E-state index contributed by atoms with van der Waals surface area (Å²) in [5, 5.41) is 0. The average molecular weight is 257 g/mol. The standard InChI is InChI=1S/C14H15N3O2/c15-14(18)17-8-4-7-11(17)13-16-9-12(19-13)10-5-2-1-3-6-10/h1-3,5-6,9,11H,4,7-8H2,(H2,15,18)/t11-/m0/s1. The first kappa shape index (κ1) is 11.8. The zero-order valence-corrected chi connectivity index (χ0v) is 10.5. The van der Waals surface area contributed by atoms with E-state index < -0.39 is 6.03 Å². The predicted octanol–water partition coefficient (Wildman–Crippen LogP) is 2.56. The maximum Gasteiger partial charge on any atom is 0.315 e. The third-order valence-electron chi connectivity index (χ3n) is 3.40. The normalized spacial score (nSPS) is 18.7. The number of likely N-dealkylation sites (tertiary alicyclic amines) is 1. The van der Waals surface area contributed by atoms with Gasteiger partial charge in [-0.25, -0.2) is 9.78 Å². The lowest BCUT2D eigenvalue weighted by atomic mass is 10.2. The maximum absolute atomic E-state index is 11.3. The van der Waals surface area contributed by atoms with E-state index in [1.54, 1.807) is 11.1 Å². The van der Waals surface area contributed by atoms with Crippen LogP contribution < -0.4 is 5.73 Å². The number of nitrogens with zero attached hydrogens (tertiary/aromatic N) is 2. The Morgan fingerprint density at radius 3 is 2.89 bits per heavy atom. The average Bonchev–Trinajstić information content (AvgIpc) is 3.08. The number of carbonyl (C=O) groups excluding carboxylic acids is 1. The molecule has 1 fully saturated rings. The molecule has 3 rings (SSSR count). The maximum atomic E-state index is 11.3. The second-order valence-corrected chi connectivity index (χ2v) is 4.62. The molecule has 1 aliphatic rings. The van der Waals surface area contributed by atoms with Gasteiger partial charge >= 0.3 is 6.03 Å². The van der Waals surface area contributed by atoms with Crippen LogP contribution in [-0.4, -0.2) is 22.5 Å². The van der Waals surface area contributed by atoms with E-state index in [1.807, 2.05) is 30.3 Å². The molecule has 2 aromatic rings. The molecule has 1 atom stereocenters. The van der Waals surface area contributed by atoms with E-state index in [2.05, 4.69) is 4.98 Å². The lowest BCUT2D eigenvalue weighted by molar-refractivity contribution is 0.194. The Morgan fingerprint density at radius 2 is 2.16 bits per heavy atom. The number of carbonyl (C=O) groups is 1. The van der Waals surface area contributed by atoms with Crippen LogP contribution in [-0.2, 0) is 0 Å². The summed E-state index contributed by atoms with van der Waals surface area (Å²) in [6.45, 7) is 0.670. The molecule has 0 unspecified atom stereocenters. The van der Waals surface area contributed by atoms with Gasteiger partial charge in [0.1, 0.15) is 6.04 Å². The highest BCUT2D eigenvalue weighted by molar-refractivity contribution is 5.72. The van der Waals surface area contributed by atoms with Crippen molar-refractivity contribution in [3.05, 3.63) is 42.4 Å². The van der Waals surface area contributed by atoms with Crippen LogP contribution in [0.5, 0.6) is 0 Å². The fraction of sp³-hybridized carbons (Fsp3) is 0.286. The van der Waals surface area contributed by atoms with E-state index in [0.29, 0.717) is 18.2 Å². The number of benzene rings is 1. The molecule has 0 bridgehead atoms. The molecule has 2 heterocycles. The first-order valence-electron chi connectivity index (χ1n) is 6.33. The Balaban J connectivity index is 1.87. The predicted molar refractivity (Wildman–Crippen MR) is 70.2 cm³/mol. The minimum absolute atomic E-state index is 0.130. The molecule has 1 aromatic heterocycles. The van der Waals surface area contributed by atoms with Crippen molar-refractivity contribution in [2.75, 3.05) is 6.54 Å². The zero-order valence-electron chi connectivity index (χ0n) is 10.5. The van der Waals surface area contributed by atoms with Gasteiger partial charge in [-0.05, 0) is 12.8 Å². The largest absolute Gasteiger partial charge is 0.438 e. The van der Waals surface area contributed by atoms with E-state index >= 15 is 0 Å². The summed E-state index contributed by atoms with van der Waals surface area (Å²) < 4.78 is 5.77. The SMILES string of the molecule is NC(=O)N1CCC[C@H]1c1ncc(-c2ccccc2)o1. The zero-order chi connectivity index (χ0) is 13.2. The molecule has 1 saturated heterocycles. The van der Waals surface area contributed by atoms with Crippen LogP contribution in [0.15, 0.2) is 40.9 Å². The Labute approximate surface area is 111 Å². The van der Waals surface area contributed by atoms with Gasteiger partial charge in [-0.3, -0.25) is 0 Å². The first-order chi connectivity index (χ1) is 9.25. The van der Waals surface area contributed by atoms with Gasteiger partial charge in [0.25, 0.3) is 0 Å². The van der Waals surface area contributed by atoms with Crippen molar-refractivity contribution in [1.82, 2.24) is 9.88 Å². The molecule has 0 radical (unpaired) electrons. The first-order valence-corrected chi connectivity index (χ1v) is 6.33. The summed E-state index contributed by atoms with van der Waals surface area (Å²) >= 11 is 0. The Kier molecular flexibility index (Phi) is 2.95. The van der Waals surface area contributed by atoms with E-state index in [-0.39, 0.29) is 6.04 Å². The molecule has 0 spiro atoms. The number of hydrogen-bond donors (Lipinski definition) is 1. The highest BCUT2D eigenvalue weighted by Crippen LogP contribution is 2.33. The number of primary amides is 1. The van der Waals surface area contributed by atoms with Crippen molar-refractivity contribution in [3.63, 3.8) is 0 Å². The molecule has 2 N–H and O–H groups in total. The van der Waals surface area contributed by atoms with Crippen LogP contribution >= 0.6 is 0 Å². The van der Waals surface area contributed by atoms with Gasteiger partial charge in [-0.15, -0.1) is 0 Å². The minimum Gasteiger partial charge on any atom is -0.438 e. The van der Waals surface area contributed by atoms with Gasteiger partial charge in [-0.2, -0.15) is 0 Å². The van der Waals surface area contributed by atoms with Crippen molar-refractivity contribution in [1.29, 1.82) is 0 Å². The van der Waals surface area contributed by atoms with Crippen molar-refractivity contribution in [2.45, 2.75) is 18.9 Å². The molecule has 1 aromatic carbocycles. The lowest BCUT2D eigenvalue weighted by Crippen LogP contribution is -2.35. The van der Waals surface area contributed by atoms with Crippen LogP contribution in [0.3, 0.4) is 0 Å². The van der Waals surface area contributed by atoms with Gasteiger partial charge in [0.05, 0.1) is 6.20 Å². The lowest BCUT2D eigenvalue weighted by Gasteiger charge is -2.19. The second-order valence-electron chi connectivity index (χ2n) is 4.62. The Hall–Kier alpha value is -2.30. The van der Waals surface area contributed by atoms with Crippen LogP contribution in [0.1, 0.15) is 24.8 Å². The summed E-state index contributed by atoms with van der Waals surface area (Å²) in [7, 11) is 0. The molecule has 19 heavy (non-hydrogen) atoms. The summed E-state index contributed by atoms with van der Waals surface area (Å²) in [4.78, 5) is 17.2. The van der Waals surface area contributed by atoms with E-state index in [4.69, 9.17) is 10.2 Å². The topological polar surface area (TPSA) is 72.4 Å². The Morgan fingerprint density at radius 1 is 1.37 bits per heavy atom. The highest BCUT2D eigenvalue weighted by Gasteiger charge is 2.32. The quantitative estimate of drug-likeness (QED) is 0.898. The number of hydrogen-bond acceptors (Lipinski definition) is 3. The Bertz CT molecular complexity index is 579. The fourth-order valence-electron chi connectivity index (χ4n) is 2.46. The van der Waals surface area contributed by atoms with Gasteiger partial charge in [0.2, 0.25) is 5.89 Å². The van der Waals surface area contributed by atoms with E-state index in [1.165, 1.54) is 0 Å². The molecular weight excluding hydrogens is 242 g/mol. The molecule has 0 aliphatic carbocycles. The summed E-state index contributed by atoms with van der Waals surface area (Å²) in [6, 6.07) is 9.23. The van der Waals surface area contributed by atoms with Crippen LogP contribution in [0, 0.1) is 0 Å². The molecule has 1 aliphatic heterocycles. The molecule has 5 nitrogen and oxygen atoms in total. The second kappa shape index (κ2) is 4.76. The van der Waals surface area contributed by atoms with Gasteiger partial charge < -0.3 is 15.1 Å². The highest BCUT2D eigenvalue weighted by atomic mass is 16.4. The number of amides is 2. The monoisotopic (exact) mass is 257 g/mol. The minimum atomic E-state index is -0.415. The molecule has 2 amide bonds. The number of rotatable bonds is 2. The number of urea groups is 1. The molecular formula is C14H15N3O2. The number of aromatic nitrogens is 1. The van der Waals surface area contributed by atoms with Crippen LogP contribution in [0.4, 0.5) is 4.79 Å². The van der Waals surface area contributed by atoms with Gasteiger partial charge in [0.15, 0.2) is 5.76 Å². The van der Waals surface area contributed by atoms with Crippen molar-refractivity contribution in [2.24, 2.45) is 5.73 Å². The van der Waals surface area contributed by atoms with Crippen LogP contribution in [0.25, 0.3) is 11.3 Å². The molecule has 98 valence electrons. The smallest absolute Gasteiger partial charge is 0.315 e. The third kappa shape index (κ3) is 2.19. The van der Waals surface area contributed by atoms with Crippen molar-refractivity contribution in [3.8, 4) is 11.3 Å². The third-order valence-corrected chi connectivity index (χ3v) is 3.40. The fourth-order valence-corrected chi connectivity index (χ4v) is 2.46. The van der Waals surface area contributed by atoms with Gasteiger partial charge in [0, 0.05) is 12.1 Å². The van der Waals surface area contributed by atoms with Crippen molar-refractivity contribution >= 4 is 6.03 Å². The summed E-state index contributed by atoms with van der Waals surface area (Å²) in [5.74, 6) is 1.28. The van der Waals surface area contributed by atoms with Gasteiger partial charge in [-0.1, -0.05) is 30.3 Å². The van der Waals surface area contributed by atoms with Crippen molar-refractivity contribution < 1.29 is 9.21 Å². The van der Waals surface area contributed by atoms with Crippen LogP contribution in [0.2, 0.25) is 0 Å². The number of oxazole rings is 1. The molecule has 0 saturated carbocycles. The number of nitrogens with two attached hydrogens (primary N) is 1. The van der Waals surface area contributed by atoms with E-state index in [9.17, 15) is 4.79 Å². The van der Waals surface area contributed by atoms with E-state index in [0.717, 1.165) is 18.4 Å². The summed E-state index contributed by atoms with van der Waals surface area (Å²) in [6.07, 6.45) is 3.47.